The van der Waals surface area contributed by atoms with Crippen molar-refractivity contribution in [2.45, 2.75) is 104 Å². The Morgan fingerprint density at radius 3 is 0.562 bits per heavy atom. The van der Waals surface area contributed by atoms with Crippen LogP contribution >= 0.6 is 0 Å². The van der Waals surface area contributed by atoms with Gasteiger partial charge in [-0.2, -0.15) is 0 Å². The maximum Gasteiger partial charge on any atom is 3.00 e. The second kappa shape index (κ2) is 31.5. The van der Waals surface area contributed by atoms with Gasteiger partial charge in [-0.1, -0.05) is 132 Å². The normalized spacial score (nSPS) is 14.8. The summed E-state index contributed by atoms with van der Waals surface area (Å²) in [6.07, 6.45) is 5.11. The Balaban J connectivity index is -0.000000153. The molecule has 0 amide bonds. The molecule has 0 aliphatic carbocycles. The van der Waals surface area contributed by atoms with Gasteiger partial charge < -0.3 is 23.4 Å². The monoisotopic (exact) mass is 680 g/mol. The molecule has 1 radical (unpaired) electrons. The van der Waals surface area contributed by atoms with Gasteiger partial charge in [-0.15, -0.1) is 0 Å². The van der Waals surface area contributed by atoms with Gasteiger partial charge >= 0.3 is 41.7 Å². The largest absolute Gasteiger partial charge is 3.00 e. The molecule has 0 spiro atoms. The molecular formula is C20H58CeN3O2Si6. The van der Waals surface area contributed by atoms with Gasteiger partial charge in [-0.3, -0.25) is 0 Å². The fourth-order valence-electron chi connectivity index (χ4n) is 2.81. The maximum atomic E-state index is 4.94. The molecule has 0 aromatic heterocycles. The van der Waals surface area contributed by atoms with Gasteiger partial charge in [0.1, 0.15) is 0 Å². The Kier molecular flexibility index (Phi) is 41.0. The van der Waals surface area contributed by atoms with Crippen LogP contribution in [-0.2, 0) is 9.47 Å². The summed E-state index contributed by atoms with van der Waals surface area (Å²) in [5.74, 6) is 0. The van der Waals surface area contributed by atoms with E-state index in [1.807, 2.05) is 0 Å². The fourth-order valence-corrected chi connectivity index (χ4v) is 17.1. The molecule has 2 fully saturated rings. The second-order valence-electron chi connectivity index (χ2n) is 9.65. The predicted molar refractivity (Wildman–Crippen MR) is 163 cm³/mol. The van der Waals surface area contributed by atoms with E-state index in [9.17, 15) is 0 Å². The second-order valence-corrected chi connectivity index (χ2v) is 26.4. The minimum absolute atomic E-state index is 0. The number of nitrogens with zero attached hydrogens (tertiary/aromatic N) is 3. The SMILES string of the molecule is C1CCOC1.C1CCOC1.C[SiH](C)[N-][SiH](C)C.C[SiH](C)[N-][SiH](C)C.C[SiH](C)[N-][SiH](C)C.[Ce+3]. The fraction of sp³-hybridized carbons (Fsp3) is 1.00. The number of hydrogen-bond acceptors (Lipinski definition) is 2. The standard InChI is InChI=1S/3C4H14NSi2.2C4H8O.Ce/c3*1-6(2)5-7(3)4;2*1-2-4-5-3-1;/h3*6-7H,1-4H3;2*1-4H2;/q3*-1;;;+3. The Labute approximate surface area is 247 Å². The van der Waals surface area contributed by atoms with E-state index in [0.29, 0.717) is 0 Å². The van der Waals surface area contributed by atoms with Gasteiger partial charge in [0.2, 0.25) is 0 Å². The summed E-state index contributed by atoms with van der Waals surface area (Å²) in [7, 11) is -3.25. The number of rotatable bonds is 6. The van der Waals surface area contributed by atoms with Crippen LogP contribution in [0.15, 0.2) is 0 Å². The van der Waals surface area contributed by atoms with Crippen molar-refractivity contribution in [2.24, 2.45) is 0 Å². The van der Waals surface area contributed by atoms with Crippen molar-refractivity contribution in [1.82, 2.24) is 0 Å². The van der Waals surface area contributed by atoms with Crippen molar-refractivity contribution in [3.63, 3.8) is 0 Å². The van der Waals surface area contributed by atoms with Crippen LogP contribution in [0, 0.1) is 41.7 Å². The molecule has 0 N–H and O–H groups in total. The molecule has 12 heteroatoms. The first-order valence-electron chi connectivity index (χ1n) is 12.6. The van der Waals surface area contributed by atoms with Crippen molar-refractivity contribution < 1.29 is 51.2 Å². The van der Waals surface area contributed by atoms with Crippen LogP contribution in [0.4, 0.5) is 0 Å². The van der Waals surface area contributed by atoms with Crippen LogP contribution in [0.1, 0.15) is 25.7 Å². The average Bonchev–Trinajstić information content (AvgIpc) is 3.32. The molecular weight excluding hydrogens is 623 g/mol. The quantitative estimate of drug-likeness (QED) is 0.345. The van der Waals surface area contributed by atoms with E-state index in [1.165, 1.54) is 25.7 Å². The maximum absolute atomic E-state index is 4.94. The van der Waals surface area contributed by atoms with Crippen molar-refractivity contribution in [3.05, 3.63) is 13.9 Å². The van der Waals surface area contributed by atoms with E-state index in [0.717, 1.165) is 26.4 Å². The van der Waals surface area contributed by atoms with E-state index in [4.69, 9.17) is 9.47 Å². The van der Waals surface area contributed by atoms with Crippen LogP contribution in [0.3, 0.4) is 0 Å². The third-order valence-electron chi connectivity index (χ3n) is 3.44. The topological polar surface area (TPSA) is 60.8 Å². The van der Waals surface area contributed by atoms with Crippen LogP contribution in [0.2, 0.25) is 78.6 Å². The van der Waals surface area contributed by atoms with Gasteiger partial charge in [-0.05, 0) is 25.7 Å². The summed E-state index contributed by atoms with van der Waals surface area (Å²) in [4.78, 5) is 0. The number of hydrogen-bond donors (Lipinski definition) is 0. The van der Waals surface area contributed by atoms with Gasteiger partial charge in [0.15, 0.2) is 0 Å². The van der Waals surface area contributed by atoms with E-state index in [-0.39, 0.29) is 41.7 Å². The molecule has 0 bridgehead atoms. The van der Waals surface area contributed by atoms with Gasteiger partial charge in [0.05, 0.1) is 0 Å². The van der Waals surface area contributed by atoms with Crippen molar-refractivity contribution in [3.8, 4) is 0 Å². The minimum atomic E-state index is -0.542. The first-order valence-corrected chi connectivity index (χ1v) is 29.6. The third-order valence-corrected chi connectivity index (χ3v) is 17.8. The molecule has 2 heterocycles. The zero-order valence-electron chi connectivity index (χ0n) is 23.8. The first kappa shape index (κ1) is 41.6. The molecule has 0 unspecified atom stereocenters. The van der Waals surface area contributed by atoms with Crippen LogP contribution in [-0.4, -0.2) is 80.2 Å². The van der Waals surface area contributed by atoms with Crippen molar-refractivity contribution >= 4 is 53.7 Å². The van der Waals surface area contributed by atoms with E-state index >= 15 is 0 Å². The van der Waals surface area contributed by atoms with E-state index in [1.54, 1.807) is 0 Å². The smallest absolute Gasteiger partial charge is 0.672 e. The summed E-state index contributed by atoms with van der Waals surface area (Å²) in [5.41, 5.74) is 0. The summed E-state index contributed by atoms with van der Waals surface area (Å²) in [6.45, 7) is 31.2. The van der Waals surface area contributed by atoms with Crippen molar-refractivity contribution in [2.75, 3.05) is 26.4 Å². The van der Waals surface area contributed by atoms with Crippen LogP contribution < -0.4 is 0 Å². The number of ether oxygens (including phenoxy) is 2. The molecule has 32 heavy (non-hydrogen) atoms. The van der Waals surface area contributed by atoms with Gasteiger partial charge in [-0.25, -0.2) is 0 Å². The first-order chi connectivity index (χ1) is 14.4. The molecule has 0 aromatic carbocycles. The summed E-state index contributed by atoms with van der Waals surface area (Å²) >= 11 is 0. The zero-order chi connectivity index (χ0) is 24.7. The van der Waals surface area contributed by atoms with Crippen molar-refractivity contribution in [1.29, 1.82) is 0 Å². The molecule has 193 valence electrons. The summed E-state index contributed by atoms with van der Waals surface area (Å²) in [5, 5.41) is 0. The van der Waals surface area contributed by atoms with E-state index in [2.05, 4.69) is 92.5 Å². The summed E-state index contributed by atoms with van der Waals surface area (Å²) < 4.78 is 23.6. The minimum Gasteiger partial charge on any atom is -0.672 e. The molecule has 2 aliphatic heterocycles. The van der Waals surface area contributed by atoms with Gasteiger partial charge in [0.25, 0.3) is 0 Å². The molecule has 0 saturated carbocycles. The predicted octanol–water partition coefficient (Wildman–Crippen LogP) is 5.57. The Bertz CT molecular complexity index is 262. The molecule has 0 atom stereocenters. The molecule has 2 aliphatic rings. The molecule has 2 rings (SSSR count). The summed E-state index contributed by atoms with van der Waals surface area (Å²) in [6, 6.07) is 0. The molecule has 2 saturated heterocycles. The third kappa shape index (κ3) is 53.7. The zero-order valence-corrected chi connectivity index (χ0v) is 33.8. The van der Waals surface area contributed by atoms with E-state index < -0.39 is 53.7 Å². The average molecular weight is 681 g/mol. The Morgan fingerprint density at radius 1 is 0.375 bits per heavy atom. The Morgan fingerprint density at radius 2 is 0.531 bits per heavy atom. The van der Waals surface area contributed by atoms with Crippen LogP contribution in [0.5, 0.6) is 0 Å². The van der Waals surface area contributed by atoms with Crippen LogP contribution in [0.25, 0.3) is 13.9 Å². The molecule has 0 aromatic rings. The Hall–Kier alpha value is 2.48. The molecule has 5 nitrogen and oxygen atoms in total. The van der Waals surface area contributed by atoms with Gasteiger partial charge in [0, 0.05) is 26.4 Å².